The van der Waals surface area contributed by atoms with Crippen molar-refractivity contribution in [1.29, 1.82) is 0 Å². The molecule has 0 N–H and O–H groups in total. The summed E-state index contributed by atoms with van der Waals surface area (Å²) in [5.41, 5.74) is 1.26. The summed E-state index contributed by atoms with van der Waals surface area (Å²) in [7, 11) is 0. The van der Waals surface area contributed by atoms with Crippen LogP contribution in [0.5, 0.6) is 0 Å². The van der Waals surface area contributed by atoms with Crippen LogP contribution in [0.15, 0.2) is 30.3 Å². The van der Waals surface area contributed by atoms with Crippen LogP contribution < -0.4 is 0 Å². The average molecular weight is 225 g/mol. The van der Waals surface area contributed by atoms with E-state index in [1.165, 1.54) is 5.56 Å². The number of halogens is 2. The van der Waals surface area contributed by atoms with Gasteiger partial charge in [0.25, 0.3) is 0 Å². The molecular weight excluding hydrogens is 208 g/mol. The Hall–Kier alpha value is -0.960. The van der Waals surface area contributed by atoms with E-state index in [1.54, 1.807) is 0 Å². The van der Waals surface area contributed by atoms with E-state index < -0.39 is 6.43 Å². The van der Waals surface area contributed by atoms with Gasteiger partial charge in [0.2, 0.25) is 6.43 Å². The smallest absolute Gasteiger partial charge is 0.238 e. The van der Waals surface area contributed by atoms with E-state index in [-0.39, 0.29) is 12.3 Å². The second-order valence-corrected chi connectivity index (χ2v) is 4.50. The van der Waals surface area contributed by atoms with Crippen LogP contribution in [0.4, 0.5) is 8.78 Å². The molecule has 1 fully saturated rings. The van der Waals surface area contributed by atoms with Crippen LogP contribution in [0.3, 0.4) is 0 Å². The SMILES string of the molecule is FC(F)CC1CCN(Cc2ccccc2)C1. The van der Waals surface area contributed by atoms with Crippen molar-refractivity contribution < 1.29 is 8.78 Å². The molecule has 0 aliphatic carbocycles. The third kappa shape index (κ3) is 3.27. The Morgan fingerprint density at radius 3 is 2.69 bits per heavy atom. The van der Waals surface area contributed by atoms with Crippen LogP contribution in [0.25, 0.3) is 0 Å². The first-order valence-corrected chi connectivity index (χ1v) is 5.78. The van der Waals surface area contributed by atoms with Crippen LogP contribution in [0.2, 0.25) is 0 Å². The summed E-state index contributed by atoms with van der Waals surface area (Å²) in [6.07, 6.45) is -1.18. The molecule has 16 heavy (non-hydrogen) atoms. The number of hydrogen-bond acceptors (Lipinski definition) is 1. The van der Waals surface area contributed by atoms with Gasteiger partial charge in [-0.2, -0.15) is 0 Å². The molecule has 1 heterocycles. The van der Waals surface area contributed by atoms with Gasteiger partial charge in [0.15, 0.2) is 0 Å². The van der Waals surface area contributed by atoms with E-state index in [2.05, 4.69) is 17.0 Å². The Bertz CT molecular complexity index is 313. The van der Waals surface area contributed by atoms with Gasteiger partial charge in [-0.1, -0.05) is 30.3 Å². The van der Waals surface area contributed by atoms with Crippen molar-refractivity contribution in [3.63, 3.8) is 0 Å². The fraction of sp³-hybridized carbons (Fsp3) is 0.538. The van der Waals surface area contributed by atoms with Gasteiger partial charge in [-0.3, -0.25) is 4.90 Å². The Kier molecular flexibility index (Phi) is 3.88. The van der Waals surface area contributed by atoms with Crippen molar-refractivity contribution in [3.8, 4) is 0 Å². The van der Waals surface area contributed by atoms with Crippen molar-refractivity contribution in [3.05, 3.63) is 35.9 Å². The summed E-state index contributed by atoms with van der Waals surface area (Å²) < 4.78 is 24.4. The molecule has 1 aliphatic rings. The van der Waals surface area contributed by atoms with Gasteiger partial charge in [0.05, 0.1) is 0 Å². The van der Waals surface area contributed by atoms with Crippen LogP contribution in [-0.2, 0) is 6.54 Å². The highest BCUT2D eigenvalue weighted by atomic mass is 19.3. The molecule has 1 unspecified atom stereocenters. The summed E-state index contributed by atoms with van der Waals surface area (Å²) in [5.74, 6) is 0.184. The number of hydrogen-bond donors (Lipinski definition) is 0. The first-order chi connectivity index (χ1) is 7.74. The molecule has 3 heteroatoms. The number of likely N-dealkylation sites (tertiary alicyclic amines) is 1. The molecule has 0 saturated carbocycles. The van der Waals surface area contributed by atoms with E-state index in [4.69, 9.17) is 0 Å². The summed E-state index contributed by atoms with van der Waals surface area (Å²) in [6.45, 7) is 2.66. The molecule has 1 atom stereocenters. The van der Waals surface area contributed by atoms with E-state index in [0.29, 0.717) is 0 Å². The number of alkyl halides is 2. The predicted molar refractivity (Wildman–Crippen MR) is 60.4 cm³/mol. The summed E-state index contributed by atoms with van der Waals surface area (Å²) in [4.78, 5) is 2.27. The monoisotopic (exact) mass is 225 g/mol. The quantitative estimate of drug-likeness (QED) is 0.760. The van der Waals surface area contributed by atoms with Crippen molar-refractivity contribution in [2.24, 2.45) is 5.92 Å². The van der Waals surface area contributed by atoms with Crippen LogP contribution >= 0.6 is 0 Å². The third-order valence-corrected chi connectivity index (χ3v) is 3.13. The predicted octanol–water partition coefficient (Wildman–Crippen LogP) is 3.16. The summed E-state index contributed by atoms with van der Waals surface area (Å²) in [5, 5.41) is 0. The largest absolute Gasteiger partial charge is 0.299 e. The standard InChI is InChI=1S/C13H17F2N/c14-13(15)8-12-6-7-16(10-12)9-11-4-2-1-3-5-11/h1-5,12-13H,6-10H2. The lowest BCUT2D eigenvalue weighted by Crippen LogP contribution is -2.20. The highest BCUT2D eigenvalue weighted by Gasteiger charge is 2.24. The minimum Gasteiger partial charge on any atom is -0.299 e. The molecule has 0 bridgehead atoms. The van der Waals surface area contributed by atoms with Gasteiger partial charge in [0, 0.05) is 19.5 Å². The molecule has 1 saturated heterocycles. The average Bonchev–Trinajstić information content (AvgIpc) is 2.66. The van der Waals surface area contributed by atoms with Crippen molar-refractivity contribution >= 4 is 0 Å². The fourth-order valence-electron chi connectivity index (χ4n) is 2.34. The van der Waals surface area contributed by atoms with E-state index in [0.717, 1.165) is 26.1 Å². The van der Waals surface area contributed by atoms with Gasteiger partial charge < -0.3 is 0 Å². The van der Waals surface area contributed by atoms with Crippen LogP contribution in [0.1, 0.15) is 18.4 Å². The van der Waals surface area contributed by atoms with E-state index in [1.807, 2.05) is 18.2 Å². The lowest BCUT2D eigenvalue weighted by molar-refractivity contribution is 0.115. The summed E-state index contributed by atoms with van der Waals surface area (Å²) >= 11 is 0. The Balaban J connectivity index is 1.81. The second kappa shape index (κ2) is 5.39. The zero-order chi connectivity index (χ0) is 11.4. The molecular formula is C13H17F2N. The Morgan fingerprint density at radius 1 is 1.25 bits per heavy atom. The first-order valence-electron chi connectivity index (χ1n) is 5.78. The molecule has 0 aromatic heterocycles. The Morgan fingerprint density at radius 2 is 2.00 bits per heavy atom. The molecule has 2 rings (SSSR count). The van der Waals surface area contributed by atoms with Gasteiger partial charge in [-0.05, 0) is 24.4 Å². The van der Waals surface area contributed by atoms with Gasteiger partial charge >= 0.3 is 0 Å². The van der Waals surface area contributed by atoms with Gasteiger partial charge in [0.1, 0.15) is 0 Å². The molecule has 0 amide bonds. The molecule has 88 valence electrons. The van der Waals surface area contributed by atoms with E-state index >= 15 is 0 Å². The highest BCUT2D eigenvalue weighted by Crippen LogP contribution is 2.23. The minimum absolute atomic E-state index is 0.0608. The molecule has 1 aromatic carbocycles. The lowest BCUT2D eigenvalue weighted by atomic mass is 10.1. The zero-order valence-electron chi connectivity index (χ0n) is 9.28. The van der Waals surface area contributed by atoms with Crippen molar-refractivity contribution in [2.75, 3.05) is 13.1 Å². The third-order valence-electron chi connectivity index (χ3n) is 3.13. The zero-order valence-corrected chi connectivity index (χ0v) is 9.28. The van der Waals surface area contributed by atoms with Crippen molar-refractivity contribution in [1.82, 2.24) is 4.90 Å². The summed E-state index contributed by atoms with van der Waals surface area (Å²) in [6, 6.07) is 10.2. The number of benzene rings is 1. The number of nitrogens with zero attached hydrogens (tertiary/aromatic N) is 1. The second-order valence-electron chi connectivity index (χ2n) is 4.50. The molecule has 1 aromatic rings. The lowest BCUT2D eigenvalue weighted by Gasteiger charge is -2.15. The fourth-order valence-corrected chi connectivity index (χ4v) is 2.34. The minimum atomic E-state index is -2.15. The molecule has 1 nitrogen and oxygen atoms in total. The van der Waals surface area contributed by atoms with Gasteiger partial charge in [-0.15, -0.1) is 0 Å². The van der Waals surface area contributed by atoms with Gasteiger partial charge in [-0.25, -0.2) is 8.78 Å². The maximum atomic E-state index is 12.2. The Labute approximate surface area is 95.1 Å². The highest BCUT2D eigenvalue weighted by molar-refractivity contribution is 5.14. The first kappa shape index (κ1) is 11.5. The number of rotatable bonds is 4. The maximum absolute atomic E-state index is 12.2. The molecule has 0 spiro atoms. The van der Waals surface area contributed by atoms with E-state index in [9.17, 15) is 8.78 Å². The maximum Gasteiger partial charge on any atom is 0.238 e. The topological polar surface area (TPSA) is 3.24 Å². The molecule has 1 aliphatic heterocycles. The molecule has 0 radical (unpaired) electrons. The van der Waals surface area contributed by atoms with Crippen LogP contribution in [0, 0.1) is 5.92 Å². The normalized spacial score (nSPS) is 21.8. The van der Waals surface area contributed by atoms with Crippen molar-refractivity contribution in [2.45, 2.75) is 25.8 Å². The van der Waals surface area contributed by atoms with Crippen LogP contribution in [-0.4, -0.2) is 24.4 Å².